The van der Waals surface area contributed by atoms with Crippen molar-refractivity contribution in [2.75, 3.05) is 21.2 Å². The second kappa shape index (κ2) is 8.75. The van der Waals surface area contributed by atoms with Gasteiger partial charge in [-0.3, -0.25) is 24.1 Å². The summed E-state index contributed by atoms with van der Waals surface area (Å²) in [5.41, 5.74) is 2.62. The van der Waals surface area contributed by atoms with Gasteiger partial charge in [-0.15, -0.1) is 0 Å². The number of aryl methyl sites for hydroxylation is 1. The van der Waals surface area contributed by atoms with Gasteiger partial charge in [0.1, 0.15) is 22.8 Å². The minimum atomic E-state index is -2.68. The van der Waals surface area contributed by atoms with Gasteiger partial charge in [-0.1, -0.05) is 6.07 Å². The molecular formula is C25H28N2O9. The Balaban J connectivity index is 1.89. The van der Waals surface area contributed by atoms with Crippen LogP contribution in [0.15, 0.2) is 34.8 Å². The SMILES string of the molecule is COC(=O)CCc1ccc(O)c2c1C[C@H]1C[C@H]3C(N(C)C)C(O)=C(C(N)=O)C(=O)[C@@]3(O)C(O)=C1C2=O. The number of amides is 1. The number of nitrogens with zero attached hydrogens (tertiary/aromatic N) is 1. The van der Waals surface area contributed by atoms with Crippen molar-refractivity contribution in [2.24, 2.45) is 17.6 Å². The van der Waals surface area contributed by atoms with Crippen LogP contribution < -0.4 is 5.73 Å². The van der Waals surface area contributed by atoms with Crippen LogP contribution in [-0.2, 0) is 32.0 Å². The molecule has 36 heavy (non-hydrogen) atoms. The lowest BCUT2D eigenvalue weighted by molar-refractivity contribution is -0.148. The van der Waals surface area contributed by atoms with Crippen LogP contribution in [-0.4, -0.2) is 81.6 Å². The van der Waals surface area contributed by atoms with E-state index in [9.17, 15) is 39.6 Å². The Hall–Kier alpha value is -3.70. The molecule has 0 spiro atoms. The van der Waals surface area contributed by atoms with Gasteiger partial charge in [-0.25, -0.2) is 0 Å². The molecule has 0 radical (unpaired) electrons. The number of rotatable bonds is 5. The average Bonchev–Trinajstić information content (AvgIpc) is 2.80. The number of nitrogens with two attached hydrogens (primary N) is 1. The molecule has 0 aromatic heterocycles. The van der Waals surface area contributed by atoms with Crippen molar-refractivity contribution < 1.29 is 44.3 Å². The average molecular weight is 501 g/mol. The van der Waals surface area contributed by atoms with Crippen LogP contribution in [0, 0.1) is 11.8 Å². The van der Waals surface area contributed by atoms with E-state index in [2.05, 4.69) is 4.74 Å². The number of primary amides is 1. The number of aliphatic hydroxyl groups is 3. The standard InChI is InChI=1S/C25H28N2O9/c1-27(2)19-13-9-11-8-12-10(5-7-15(29)36-3)4-6-14(28)17(12)20(30)16(11)22(32)25(13,35)23(33)18(21(19)31)24(26)34/h4,6,11,13,19,28,31-32,35H,5,7-9H2,1-3H3,(H2,26,34)/t11-,13-,19?,25-/m0/s1. The van der Waals surface area contributed by atoms with Gasteiger partial charge < -0.3 is 30.9 Å². The van der Waals surface area contributed by atoms with Crippen molar-refractivity contribution in [1.82, 2.24) is 4.90 Å². The maximum absolute atomic E-state index is 13.6. The van der Waals surface area contributed by atoms with Crippen LogP contribution in [0.3, 0.4) is 0 Å². The summed E-state index contributed by atoms with van der Waals surface area (Å²) in [4.78, 5) is 52.0. The number of hydrogen-bond acceptors (Lipinski definition) is 10. The number of carbonyl (C=O) groups is 4. The molecule has 0 heterocycles. The van der Waals surface area contributed by atoms with E-state index in [0.29, 0.717) is 11.1 Å². The molecule has 1 amide bonds. The number of phenols is 1. The molecule has 4 atom stereocenters. The first-order valence-electron chi connectivity index (χ1n) is 11.4. The van der Waals surface area contributed by atoms with Crippen molar-refractivity contribution in [1.29, 1.82) is 0 Å². The van der Waals surface area contributed by atoms with Gasteiger partial charge in [-0.05, 0) is 56.5 Å². The molecule has 11 heteroatoms. The Morgan fingerprint density at radius 3 is 2.44 bits per heavy atom. The maximum atomic E-state index is 13.6. The van der Waals surface area contributed by atoms with Gasteiger partial charge in [0.05, 0.1) is 18.7 Å². The Labute approximate surface area is 206 Å². The molecule has 0 aliphatic heterocycles. The molecule has 0 saturated carbocycles. The van der Waals surface area contributed by atoms with E-state index in [0.717, 1.165) is 0 Å². The lowest BCUT2D eigenvalue weighted by atomic mass is 9.58. The third kappa shape index (κ3) is 3.49. The van der Waals surface area contributed by atoms with Crippen molar-refractivity contribution in [3.05, 3.63) is 51.5 Å². The zero-order chi connectivity index (χ0) is 26.7. The predicted octanol–water partition coefficient (Wildman–Crippen LogP) is 0.226. The highest BCUT2D eigenvalue weighted by Crippen LogP contribution is 2.52. The van der Waals surface area contributed by atoms with Gasteiger partial charge in [0.15, 0.2) is 11.4 Å². The van der Waals surface area contributed by atoms with Crippen molar-refractivity contribution in [3.8, 4) is 5.75 Å². The van der Waals surface area contributed by atoms with Gasteiger partial charge in [-0.2, -0.15) is 0 Å². The monoisotopic (exact) mass is 500 g/mol. The fraction of sp³-hybridized carbons (Fsp3) is 0.440. The number of Topliss-reactive ketones (excluding diaryl/α,β-unsaturated/α-hetero) is 2. The summed E-state index contributed by atoms with van der Waals surface area (Å²) < 4.78 is 4.69. The zero-order valence-corrected chi connectivity index (χ0v) is 20.1. The highest BCUT2D eigenvalue weighted by Gasteiger charge is 2.63. The summed E-state index contributed by atoms with van der Waals surface area (Å²) in [6.07, 6.45) is 0.462. The molecule has 11 nitrogen and oxygen atoms in total. The zero-order valence-electron chi connectivity index (χ0n) is 20.1. The third-order valence-corrected chi connectivity index (χ3v) is 7.53. The molecule has 1 aromatic carbocycles. The first kappa shape index (κ1) is 25.4. The minimum absolute atomic E-state index is 0.00212. The number of carbonyl (C=O) groups excluding carboxylic acids is 4. The van der Waals surface area contributed by atoms with Gasteiger partial charge in [0.25, 0.3) is 5.91 Å². The normalized spacial score (nSPS) is 27.5. The van der Waals surface area contributed by atoms with E-state index < -0.39 is 64.0 Å². The Bertz CT molecular complexity index is 1260. The maximum Gasteiger partial charge on any atom is 0.305 e. The number of hydrogen-bond donors (Lipinski definition) is 5. The molecular weight excluding hydrogens is 472 g/mol. The lowest BCUT2D eigenvalue weighted by Crippen LogP contribution is -2.63. The molecule has 0 saturated heterocycles. The summed E-state index contributed by atoms with van der Waals surface area (Å²) in [5, 5.41) is 44.1. The van der Waals surface area contributed by atoms with Crippen LogP contribution in [0.5, 0.6) is 5.75 Å². The second-order valence-electron chi connectivity index (χ2n) is 9.64. The van der Waals surface area contributed by atoms with Gasteiger partial charge >= 0.3 is 5.97 Å². The van der Waals surface area contributed by atoms with Gasteiger partial charge in [0, 0.05) is 17.9 Å². The van der Waals surface area contributed by atoms with Crippen LogP contribution in [0.2, 0.25) is 0 Å². The number of methoxy groups -OCH3 is 1. The molecule has 192 valence electrons. The number of ketones is 2. The molecule has 3 aliphatic carbocycles. The summed E-state index contributed by atoms with van der Waals surface area (Å²) in [6.45, 7) is 0. The number of aliphatic hydroxyl groups excluding tert-OH is 2. The van der Waals surface area contributed by atoms with E-state index in [1.165, 1.54) is 18.1 Å². The van der Waals surface area contributed by atoms with Crippen LogP contribution in [0.4, 0.5) is 0 Å². The number of fused-ring (bicyclic) bond motifs is 3. The number of aromatic hydroxyl groups is 1. The Morgan fingerprint density at radius 2 is 1.86 bits per heavy atom. The van der Waals surface area contributed by atoms with E-state index in [1.807, 2.05) is 0 Å². The Morgan fingerprint density at radius 1 is 1.19 bits per heavy atom. The smallest absolute Gasteiger partial charge is 0.305 e. The molecule has 6 N–H and O–H groups in total. The number of ether oxygens (including phenoxy) is 1. The predicted molar refractivity (Wildman–Crippen MR) is 124 cm³/mol. The molecule has 0 fully saturated rings. The Kier molecular flexibility index (Phi) is 6.17. The van der Waals surface area contributed by atoms with E-state index in [4.69, 9.17) is 5.73 Å². The number of benzene rings is 1. The van der Waals surface area contributed by atoms with Crippen LogP contribution in [0.25, 0.3) is 0 Å². The molecule has 1 unspecified atom stereocenters. The van der Waals surface area contributed by atoms with Gasteiger partial charge in [0.2, 0.25) is 5.78 Å². The first-order chi connectivity index (χ1) is 16.9. The summed E-state index contributed by atoms with van der Waals surface area (Å²) in [5.74, 6) is -7.42. The summed E-state index contributed by atoms with van der Waals surface area (Å²) >= 11 is 0. The summed E-state index contributed by atoms with van der Waals surface area (Å²) in [7, 11) is 4.40. The van der Waals surface area contributed by atoms with E-state index in [1.54, 1.807) is 20.2 Å². The lowest BCUT2D eigenvalue weighted by Gasteiger charge is -2.50. The largest absolute Gasteiger partial charge is 0.510 e. The third-order valence-electron chi connectivity index (χ3n) is 7.53. The molecule has 0 bridgehead atoms. The molecule has 1 aromatic rings. The topological polar surface area (TPSA) is 188 Å². The highest BCUT2D eigenvalue weighted by molar-refractivity contribution is 6.24. The van der Waals surface area contributed by atoms with E-state index >= 15 is 0 Å². The number of allylic oxidation sites excluding steroid dienone is 1. The van der Waals surface area contributed by atoms with Crippen molar-refractivity contribution >= 4 is 23.4 Å². The van der Waals surface area contributed by atoms with Crippen molar-refractivity contribution in [2.45, 2.75) is 37.3 Å². The fourth-order valence-electron chi connectivity index (χ4n) is 5.89. The minimum Gasteiger partial charge on any atom is -0.510 e. The number of phenolic OH excluding ortho intramolecular Hbond substituents is 1. The first-order valence-corrected chi connectivity index (χ1v) is 11.4. The number of likely N-dealkylation sites (N-methyl/N-ethyl adjacent to an activating group) is 1. The molecule has 3 aliphatic rings. The van der Waals surface area contributed by atoms with Crippen molar-refractivity contribution in [3.63, 3.8) is 0 Å². The number of esters is 1. The quantitative estimate of drug-likeness (QED) is 0.276. The second-order valence-corrected chi connectivity index (χ2v) is 9.64. The molecule has 4 rings (SSSR count). The van der Waals surface area contributed by atoms with E-state index in [-0.39, 0.29) is 42.6 Å². The van der Waals surface area contributed by atoms with Crippen LogP contribution in [0.1, 0.15) is 34.3 Å². The summed E-state index contributed by atoms with van der Waals surface area (Å²) in [6, 6.07) is 1.86. The van der Waals surface area contributed by atoms with Crippen LogP contribution >= 0.6 is 0 Å². The highest BCUT2D eigenvalue weighted by atomic mass is 16.5. The fourth-order valence-corrected chi connectivity index (χ4v) is 5.89.